The Bertz CT molecular complexity index is 796. The predicted molar refractivity (Wildman–Crippen MR) is 87.7 cm³/mol. The van der Waals surface area contributed by atoms with E-state index in [2.05, 4.69) is 0 Å². The van der Waals surface area contributed by atoms with Crippen LogP contribution in [-0.2, 0) is 11.2 Å². The Morgan fingerprint density at radius 3 is 2.16 bits per heavy atom. The molecule has 2 aromatic carbocycles. The summed E-state index contributed by atoms with van der Waals surface area (Å²) in [6, 6.07) is 9.40. The van der Waals surface area contributed by atoms with Gasteiger partial charge in [-0.2, -0.15) is 0 Å². The third-order valence-electron chi connectivity index (χ3n) is 3.51. The van der Waals surface area contributed by atoms with Gasteiger partial charge in [0, 0.05) is 12.5 Å². The predicted octanol–water partition coefficient (Wildman–Crippen LogP) is 1.89. The molecule has 7 nitrogen and oxygen atoms in total. The van der Waals surface area contributed by atoms with E-state index in [1.54, 1.807) is 24.3 Å². The number of carbonyl (C=O) groups excluding carboxylic acids is 1. The number of benzene rings is 2. The van der Waals surface area contributed by atoms with Crippen molar-refractivity contribution in [3.63, 3.8) is 0 Å². The minimum Gasteiger partial charge on any atom is -0.496 e. The highest BCUT2D eigenvalue weighted by Crippen LogP contribution is 2.27. The van der Waals surface area contributed by atoms with E-state index >= 15 is 0 Å². The fourth-order valence-corrected chi connectivity index (χ4v) is 2.43. The van der Waals surface area contributed by atoms with Crippen molar-refractivity contribution in [2.45, 2.75) is 19.6 Å². The van der Waals surface area contributed by atoms with Gasteiger partial charge in [-0.3, -0.25) is 4.79 Å². The topological polar surface area (TPSA) is 113 Å². The van der Waals surface area contributed by atoms with Crippen LogP contribution >= 0.6 is 0 Å². The van der Waals surface area contributed by atoms with Gasteiger partial charge in [-0.25, -0.2) is 4.79 Å². The molecule has 0 spiro atoms. The van der Waals surface area contributed by atoms with Crippen LogP contribution in [0.3, 0.4) is 0 Å². The maximum absolute atomic E-state index is 11.4. The number of hydrogen-bond acceptors (Lipinski definition) is 6. The zero-order valence-corrected chi connectivity index (χ0v) is 13.7. The number of aromatic carboxylic acids is 1. The van der Waals surface area contributed by atoms with Crippen molar-refractivity contribution >= 4 is 11.9 Å². The third kappa shape index (κ3) is 4.56. The van der Waals surface area contributed by atoms with Crippen LogP contribution < -0.4 is 9.47 Å². The summed E-state index contributed by atoms with van der Waals surface area (Å²) in [4.78, 5) is 22.4. The van der Waals surface area contributed by atoms with Crippen LogP contribution in [0.1, 0.15) is 40.3 Å². The van der Waals surface area contributed by atoms with Gasteiger partial charge < -0.3 is 24.8 Å². The van der Waals surface area contributed by atoms with Crippen LogP contribution in [0.25, 0.3) is 0 Å². The largest absolute Gasteiger partial charge is 0.496 e. The van der Waals surface area contributed by atoms with Gasteiger partial charge in [0.1, 0.15) is 17.1 Å². The average Bonchev–Trinajstić information content (AvgIpc) is 2.55. The van der Waals surface area contributed by atoms with Crippen LogP contribution in [0.4, 0.5) is 0 Å². The Balaban J connectivity index is 2.34. The number of carboxylic acid groups (broad SMARTS) is 1. The highest BCUT2D eigenvalue weighted by molar-refractivity contribution is 5.92. The average molecular weight is 346 g/mol. The molecule has 0 radical (unpaired) electrons. The molecule has 0 saturated carbocycles. The second kappa shape index (κ2) is 7.78. The Morgan fingerprint density at radius 1 is 1.04 bits per heavy atom. The number of carboxylic acids is 1. The maximum atomic E-state index is 11.4. The van der Waals surface area contributed by atoms with Gasteiger partial charge in [0.15, 0.2) is 6.29 Å². The fourth-order valence-electron chi connectivity index (χ4n) is 2.43. The lowest BCUT2D eigenvalue weighted by Gasteiger charge is -2.13. The molecule has 2 aromatic rings. The molecule has 0 bridgehead atoms. The Labute approximate surface area is 144 Å². The number of rotatable bonds is 6. The first kappa shape index (κ1) is 18.4. The van der Waals surface area contributed by atoms with Crippen molar-refractivity contribution in [1.29, 1.82) is 0 Å². The van der Waals surface area contributed by atoms with Crippen LogP contribution in [0, 0.1) is 0 Å². The molecule has 0 saturated heterocycles. The highest BCUT2D eigenvalue weighted by Gasteiger charge is 2.15. The lowest BCUT2D eigenvalue weighted by molar-refractivity contribution is -0.131. The number of aliphatic hydroxyl groups excluding tert-OH is 1. The molecule has 7 heteroatoms. The van der Waals surface area contributed by atoms with Gasteiger partial charge in [0.2, 0.25) is 0 Å². The van der Waals surface area contributed by atoms with E-state index in [1.807, 2.05) is 0 Å². The van der Waals surface area contributed by atoms with Crippen molar-refractivity contribution in [2.24, 2.45) is 0 Å². The summed E-state index contributed by atoms with van der Waals surface area (Å²) in [5.41, 5.74) is 1.50. The third-order valence-corrected chi connectivity index (χ3v) is 3.51. The minimum absolute atomic E-state index is 0.0232. The lowest BCUT2D eigenvalue weighted by Crippen LogP contribution is -2.08. The number of esters is 1. The van der Waals surface area contributed by atoms with E-state index in [9.17, 15) is 24.9 Å². The van der Waals surface area contributed by atoms with Crippen molar-refractivity contribution < 1.29 is 34.4 Å². The van der Waals surface area contributed by atoms with Gasteiger partial charge >= 0.3 is 11.9 Å². The molecule has 0 aliphatic carbocycles. The van der Waals surface area contributed by atoms with E-state index in [-0.39, 0.29) is 16.9 Å². The zero-order chi connectivity index (χ0) is 18.6. The van der Waals surface area contributed by atoms with Crippen molar-refractivity contribution in [2.75, 3.05) is 7.11 Å². The van der Waals surface area contributed by atoms with Crippen LogP contribution in [-0.4, -0.2) is 34.4 Å². The summed E-state index contributed by atoms with van der Waals surface area (Å²) < 4.78 is 9.96. The van der Waals surface area contributed by atoms with Crippen LogP contribution in [0.2, 0.25) is 0 Å². The molecule has 25 heavy (non-hydrogen) atoms. The molecule has 0 aromatic heterocycles. The van der Waals surface area contributed by atoms with Crippen LogP contribution in [0.5, 0.6) is 11.5 Å². The van der Waals surface area contributed by atoms with E-state index < -0.39 is 18.2 Å². The van der Waals surface area contributed by atoms with Crippen molar-refractivity contribution in [1.82, 2.24) is 0 Å². The molecule has 0 amide bonds. The maximum Gasteiger partial charge on any atom is 0.339 e. The Kier molecular flexibility index (Phi) is 5.74. The first-order chi connectivity index (χ1) is 11.8. The molecule has 3 N–H and O–H groups in total. The molecule has 0 heterocycles. The summed E-state index contributed by atoms with van der Waals surface area (Å²) in [7, 11) is 1.42. The summed E-state index contributed by atoms with van der Waals surface area (Å²) in [5, 5.41) is 28.1. The smallest absolute Gasteiger partial charge is 0.339 e. The Morgan fingerprint density at radius 2 is 1.64 bits per heavy atom. The van der Waals surface area contributed by atoms with Crippen molar-refractivity contribution in [3.8, 4) is 11.5 Å². The molecule has 0 aliphatic heterocycles. The monoisotopic (exact) mass is 346 g/mol. The Hall–Kier alpha value is -2.90. The zero-order valence-electron chi connectivity index (χ0n) is 13.7. The fraction of sp³-hybridized carbons (Fsp3) is 0.222. The highest BCUT2D eigenvalue weighted by atomic mass is 16.5. The van der Waals surface area contributed by atoms with E-state index in [0.29, 0.717) is 17.7 Å². The van der Waals surface area contributed by atoms with E-state index in [1.165, 1.54) is 26.2 Å². The second-order valence-corrected chi connectivity index (χ2v) is 5.36. The molecule has 0 aliphatic rings. The molecule has 2 rings (SSSR count). The number of ether oxygens (including phenoxy) is 2. The first-order valence-electron chi connectivity index (χ1n) is 7.39. The van der Waals surface area contributed by atoms with Crippen LogP contribution in [0.15, 0.2) is 36.4 Å². The minimum atomic E-state index is -1.68. The van der Waals surface area contributed by atoms with Gasteiger partial charge in [-0.05, 0) is 41.8 Å². The summed E-state index contributed by atoms with van der Waals surface area (Å²) in [6.45, 7) is 1.19. The van der Waals surface area contributed by atoms with Gasteiger partial charge in [-0.15, -0.1) is 0 Å². The quantitative estimate of drug-likeness (QED) is 0.416. The number of hydrogen-bond donors (Lipinski definition) is 3. The standard InChI is InChI=1S/C18H18O7/c1-10(19)25-16-6-4-12(9-14(16)18(22)23)7-11-3-5-15(24-2)13(8-11)17(20)21/h3-6,8-9,17,20-21H,7H2,1-2H3,(H,22,23). The first-order valence-corrected chi connectivity index (χ1v) is 7.39. The van der Waals surface area contributed by atoms with E-state index in [4.69, 9.17) is 9.47 Å². The SMILES string of the molecule is COc1ccc(Cc2ccc(OC(C)=O)c(C(=O)O)c2)cc1C(O)O. The van der Waals surface area contributed by atoms with Crippen molar-refractivity contribution in [3.05, 3.63) is 58.7 Å². The van der Waals surface area contributed by atoms with Gasteiger partial charge in [0.05, 0.1) is 7.11 Å². The van der Waals surface area contributed by atoms with E-state index in [0.717, 1.165) is 5.56 Å². The lowest BCUT2D eigenvalue weighted by atomic mass is 10.00. The molecule has 0 unspecified atom stereocenters. The van der Waals surface area contributed by atoms with Gasteiger partial charge in [0.25, 0.3) is 0 Å². The summed E-state index contributed by atoms with van der Waals surface area (Å²) >= 11 is 0. The molecule has 0 fully saturated rings. The summed E-state index contributed by atoms with van der Waals surface area (Å²) in [5.74, 6) is -1.49. The second-order valence-electron chi connectivity index (χ2n) is 5.36. The molecular weight excluding hydrogens is 328 g/mol. The number of aliphatic hydroxyl groups is 2. The number of methoxy groups -OCH3 is 1. The summed E-state index contributed by atoms with van der Waals surface area (Å²) in [6.07, 6.45) is -1.33. The number of carbonyl (C=O) groups is 2. The molecular formula is C18H18O7. The van der Waals surface area contributed by atoms with Gasteiger partial charge in [-0.1, -0.05) is 12.1 Å². The normalized spacial score (nSPS) is 10.6. The molecule has 0 atom stereocenters. The molecule has 132 valence electrons.